The van der Waals surface area contributed by atoms with Crippen LogP contribution in [0.1, 0.15) is 105 Å². The minimum absolute atomic E-state index is 0.113. The van der Waals surface area contributed by atoms with E-state index in [9.17, 15) is 0 Å². The summed E-state index contributed by atoms with van der Waals surface area (Å²) in [5, 5.41) is 0. The van der Waals surface area contributed by atoms with Crippen molar-refractivity contribution < 1.29 is 0 Å². The first kappa shape index (κ1) is 25.4. The van der Waals surface area contributed by atoms with Crippen LogP contribution in [0.2, 0.25) is 0 Å². The lowest BCUT2D eigenvalue weighted by molar-refractivity contribution is 0.568. The van der Waals surface area contributed by atoms with Crippen molar-refractivity contribution in [2.45, 2.75) is 105 Å². The van der Waals surface area contributed by atoms with E-state index in [4.69, 9.17) is 0 Å². The van der Waals surface area contributed by atoms with Gasteiger partial charge in [0.05, 0.1) is 6.67 Å². The van der Waals surface area contributed by atoms with Crippen LogP contribution < -0.4 is 9.80 Å². The average molecular weight is 447 g/mol. The molecule has 2 aromatic rings. The zero-order chi connectivity index (χ0) is 25.0. The third-order valence-corrected chi connectivity index (χ3v) is 6.69. The molecule has 0 N–H and O–H groups in total. The molecule has 1 aliphatic rings. The van der Waals surface area contributed by atoms with E-state index in [0.717, 1.165) is 6.67 Å². The van der Waals surface area contributed by atoms with Gasteiger partial charge < -0.3 is 9.80 Å². The highest BCUT2D eigenvalue weighted by Crippen LogP contribution is 2.37. The van der Waals surface area contributed by atoms with Crippen LogP contribution in [-0.4, -0.2) is 6.67 Å². The Bertz CT molecular complexity index is 883. The van der Waals surface area contributed by atoms with Crippen molar-refractivity contribution in [2.75, 3.05) is 16.5 Å². The van der Waals surface area contributed by atoms with Crippen LogP contribution in [0, 0.1) is 0 Å². The van der Waals surface area contributed by atoms with E-state index in [0.29, 0.717) is 0 Å². The first-order valence-corrected chi connectivity index (χ1v) is 12.4. The van der Waals surface area contributed by atoms with Crippen LogP contribution in [0.15, 0.2) is 48.8 Å². The molecule has 0 amide bonds. The molecule has 2 nitrogen and oxygen atoms in total. The van der Waals surface area contributed by atoms with E-state index in [2.05, 4.69) is 142 Å². The van der Waals surface area contributed by atoms with Crippen LogP contribution in [-0.2, 0) is 21.7 Å². The van der Waals surface area contributed by atoms with Crippen molar-refractivity contribution in [2.24, 2.45) is 0 Å². The molecule has 0 aliphatic carbocycles. The maximum absolute atomic E-state index is 2.39. The van der Waals surface area contributed by atoms with Crippen molar-refractivity contribution in [3.63, 3.8) is 0 Å². The highest BCUT2D eigenvalue weighted by Gasteiger charge is 2.26. The second-order valence-electron chi connectivity index (χ2n) is 13.9. The molecule has 0 spiro atoms. The zero-order valence-corrected chi connectivity index (χ0v) is 23.2. The lowest BCUT2D eigenvalue weighted by atomic mass is 9.80. The molecule has 0 atom stereocenters. The molecule has 180 valence electrons. The summed E-state index contributed by atoms with van der Waals surface area (Å²) in [6.07, 6.45) is 4.46. The molecule has 33 heavy (non-hydrogen) atoms. The van der Waals surface area contributed by atoms with Gasteiger partial charge in [0.25, 0.3) is 0 Å². The highest BCUT2D eigenvalue weighted by molar-refractivity contribution is 5.63. The van der Waals surface area contributed by atoms with Gasteiger partial charge in [-0.05, 0) is 68.2 Å². The maximum atomic E-state index is 2.39. The van der Waals surface area contributed by atoms with Crippen LogP contribution in [0.5, 0.6) is 0 Å². The van der Waals surface area contributed by atoms with Gasteiger partial charge in [0.2, 0.25) is 0 Å². The Morgan fingerprint density at radius 1 is 0.424 bits per heavy atom. The van der Waals surface area contributed by atoms with E-state index in [1.807, 2.05) is 0 Å². The summed E-state index contributed by atoms with van der Waals surface area (Å²) in [6.45, 7) is 28.5. The van der Waals surface area contributed by atoms with Gasteiger partial charge in [-0.2, -0.15) is 0 Å². The Labute approximate surface area is 203 Å². The van der Waals surface area contributed by atoms with Crippen molar-refractivity contribution in [1.29, 1.82) is 0 Å². The number of hydrogen-bond acceptors (Lipinski definition) is 2. The minimum Gasteiger partial charge on any atom is -0.328 e. The number of benzene rings is 2. The molecule has 1 aliphatic heterocycles. The molecule has 1 heterocycles. The van der Waals surface area contributed by atoms with Gasteiger partial charge in [0.15, 0.2) is 0 Å². The third-order valence-electron chi connectivity index (χ3n) is 6.69. The summed E-state index contributed by atoms with van der Waals surface area (Å²) >= 11 is 0. The van der Waals surface area contributed by atoms with Gasteiger partial charge in [-0.3, -0.25) is 0 Å². The standard InChI is InChI=1S/C31H46N2/c1-28(2,3)22-15-23(29(4,5)6)18-26(17-22)32-13-14-33(21-32)27-19-24(30(7,8)9)16-25(20-27)31(10,11)12/h13-20H,21H2,1-12H3. The number of hydrogen-bond donors (Lipinski definition) is 0. The SMILES string of the molecule is CC(C)(C)c1cc(N2C=CN(c3cc(C(C)(C)C)cc(C(C)(C)C)c3)C2)cc(C(C)(C)C)c1. The Morgan fingerprint density at radius 2 is 0.667 bits per heavy atom. The van der Waals surface area contributed by atoms with Crippen molar-refractivity contribution in [1.82, 2.24) is 0 Å². The lowest BCUT2D eigenvalue weighted by Crippen LogP contribution is -2.27. The van der Waals surface area contributed by atoms with Crippen LogP contribution >= 0.6 is 0 Å². The monoisotopic (exact) mass is 446 g/mol. The Morgan fingerprint density at radius 3 is 0.879 bits per heavy atom. The Hall–Kier alpha value is -2.22. The molecular weight excluding hydrogens is 400 g/mol. The van der Waals surface area contributed by atoms with Crippen LogP contribution in [0.3, 0.4) is 0 Å². The number of rotatable bonds is 2. The molecule has 0 aromatic heterocycles. The van der Waals surface area contributed by atoms with Crippen LogP contribution in [0.4, 0.5) is 11.4 Å². The molecular formula is C31H46N2. The topological polar surface area (TPSA) is 6.48 Å². The van der Waals surface area contributed by atoms with E-state index >= 15 is 0 Å². The summed E-state index contributed by atoms with van der Waals surface area (Å²) in [5.74, 6) is 0. The van der Waals surface area contributed by atoms with E-state index in [1.54, 1.807) is 0 Å². The third kappa shape index (κ3) is 5.83. The molecule has 0 saturated carbocycles. The zero-order valence-electron chi connectivity index (χ0n) is 23.2. The summed E-state index contributed by atoms with van der Waals surface area (Å²) in [6, 6.07) is 14.3. The van der Waals surface area contributed by atoms with E-state index in [-0.39, 0.29) is 21.7 Å². The fourth-order valence-electron chi connectivity index (χ4n) is 4.04. The Balaban J connectivity index is 2.00. The number of anilines is 2. The van der Waals surface area contributed by atoms with Crippen LogP contribution in [0.25, 0.3) is 0 Å². The number of nitrogens with zero attached hydrogens (tertiary/aromatic N) is 2. The van der Waals surface area contributed by atoms with Crippen molar-refractivity contribution in [3.8, 4) is 0 Å². The van der Waals surface area contributed by atoms with Gasteiger partial charge in [-0.1, -0.05) is 95.2 Å². The molecule has 2 aromatic carbocycles. The summed E-state index contributed by atoms with van der Waals surface area (Å²) in [5.41, 5.74) is 8.56. The predicted molar refractivity (Wildman–Crippen MR) is 147 cm³/mol. The van der Waals surface area contributed by atoms with E-state index < -0.39 is 0 Å². The molecule has 0 radical (unpaired) electrons. The fourth-order valence-corrected chi connectivity index (χ4v) is 4.04. The summed E-state index contributed by atoms with van der Waals surface area (Å²) in [7, 11) is 0. The van der Waals surface area contributed by atoms with Gasteiger partial charge in [-0.25, -0.2) is 0 Å². The molecule has 0 fully saturated rings. The lowest BCUT2D eigenvalue weighted by Gasteiger charge is -2.30. The maximum Gasteiger partial charge on any atom is 0.0989 e. The fraction of sp³-hybridized carbons (Fsp3) is 0.548. The molecule has 0 saturated heterocycles. The molecule has 0 unspecified atom stereocenters. The molecule has 2 heteroatoms. The summed E-state index contributed by atoms with van der Waals surface area (Å²) < 4.78 is 0. The van der Waals surface area contributed by atoms with E-state index in [1.165, 1.54) is 33.6 Å². The summed E-state index contributed by atoms with van der Waals surface area (Å²) in [4.78, 5) is 4.76. The minimum atomic E-state index is 0.113. The normalized spacial score (nSPS) is 15.5. The largest absolute Gasteiger partial charge is 0.328 e. The van der Waals surface area contributed by atoms with Gasteiger partial charge in [-0.15, -0.1) is 0 Å². The van der Waals surface area contributed by atoms with Gasteiger partial charge in [0.1, 0.15) is 0 Å². The first-order valence-electron chi connectivity index (χ1n) is 12.4. The van der Waals surface area contributed by atoms with Gasteiger partial charge in [0, 0.05) is 23.8 Å². The average Bonchev–Trinajstić information content (AvgIpc) is 3.15. The van der Waals surface area contributed by atoms with Crippen molar-refractivity contribution >= 4 is 11.4 Å². The quantitative estimate of drug-likeness (QED) is 0.455. The highest BCUT2D eigenvalue weighted by atomic mass is 15.3. The second kappa shape index (κ2) is 8.22. The predicted octanol–water partition coefficient (Wildman–Crippen LogP) is 8.63. The first-order chi connectivity index (χ1) is 14.9. The second-order valence-corrected chi connectivity index (χ2v) is 13.9. The Kier molecular flexibility index (Phi) is 6.33. The smallest absolute Gasteiger partial charge is 0.0989 e. The molecule has 3 rings (SSSR count). The van der Waals surface area contributed by atoms with Crippen molar-refractivity contribution in [3.05, 3.63) is 71.1 Å². The molecule has 0 bridgehead atoms. The van der Waals surface area contributed by atoms with Gasteiger partial charge >= 0.3 is 0 Å².